The molecule has 1 saturated heterocycles. The normalized spacial score (nSPS) is 16.5. The Morgan fingerprint density at radius 2 is 1.74 bits per heavy atom. The van der Waals surface area contributed by atoms with Crippen LogP contribution >= 0.6 is 11.3 Å². The molecule has 0 saturated carbocycles. The van der Waals surface area contributed by atoms with E-state index in [0.717, 1.165) is 11.3 Å². The number of rotatable bonds is 11. The fraction of sp³-hybridized carbons (Fsp3) is 0.375. The summed E-state index contributed by atoms with van der Waals surface area (Å²) in [6.45, 7) is 1.94. The van der Waals surface area contributed by atoms with Crippen molar-refractivity contribution in [3.63, 3.8) is 0 Å². The van der Waals surface area contributed by atoms with E-state index in [1.165, 1.54) is 22.3 Å². The van der Waals surface area contributed by atoms with Crippen molar-refractivity contribution in [2.45, 2.75) is 25.0 Å². The molecule has 0 aliphatic carbocycles. The summed E-state index contributed by atoms with van der Waals surface area (Å²) in [5.74, 6) is 0.0587. The Balaban J connectivity index is 1.30. The highest BCUT2D eigenvalue weighted by atomic mass is 32.2. The molecule has 1 aromatic carbocycles. The number of amides is 1. The Hall–Kier alpha value is -2.86. The zero-order chi connectivity index (χ0) is 24.7. The maximum absolute atomic E-state index is 13.1. The van der Waals surface area contributed by atoms with Crippen molar-refractivity contribution in [3.05, 3.63) is 65.4 Å². The Bertz CT molecular complexity index is 1170. The zero-order valence-corrected chi connectivity index (χ0v) is 20.9. The molecule has 3 heterocycles. The lowest BCUT2D eigenvalue weighted by Crippen LogP contribution is -2.51. The molecule has 11 heteroatoms. The molecule has 3 aromatic rings. The minimum absolute atomic E-state index is 0.219. The quantitative estimate of drug-likeness (QED) is 0.377. The number of nitrogens with zero attached hydrogens (tertiary/aromatic N) is 4. The number of nitrogens with one attached hydrogen (secondary N) is 1. The van der Waals surface area contributed by atoms with Crippen LogP contribution in [0.4, 0.5) is 5.69 Å². The van der Waals surface area contributed by atoms with Crippen molar-refractivity contribution in [1.29, 1.82) is 0 Å². The monoisotopic (exact) mass is 515 g/mol. The number of aliphatic hydroxyl groups excluding tert-OH is 1. The minimum atomic E-state index is -3.59. The van der Waals surface area contributed by atoms with Crippen LogP contribution in [-0.4, -0.2) is 72.2 Å². The smallest absolute Gasteiger partial charge is 0.216 e. The number of benzene rings is 1. The van der Waals surface area contributed by atoms with Gasteiger partial charge in [-0.05, 0) is 59.0 Å². The second kappa shape index (κ2) is 11.7. The first kappa shape index (κ1) is 25.2. The molecule has 1 aliphatic heterocycles. The van der Waals surface area contributed by atoms with Crippen LogP contribution in [0.15, 0.2) is 59.6 Å². The maximum atomic E-state index is 13.1. The van der Waals surface area contributed by atoms with E-state index in [-0.39, 0.29) is 24.4 Å². The van der Waals surface area contributed by atoms with Crippen LogP contribution in [0.1, 0.15) is 24.8 Å². The molecule has 9 nitrogen and oxygen atoms in total. The fourth-order valence-electron chi connectivity index (χ4n) is 4.16. The molecule has 2 aromatic heterocycles. The molecule has 4 rings (SSSR count). The molecule has 2 atom stereocenters. The number of carbonyl (C=O) groups is 1. The average Bonchev–Trinajstić information content (AvgIpc) is 3.43. The highest BCUT2D eigenvalue weighted by Crippen LogP contribution is 2.26. The molecule has 2 N–H and O–H groups in total. The standard InChI is InChI=1S/C24H29N5O4S2/c30-18-27-21(4-7-23(31)24-25-9-1-10-26-24)17-35(32,33)29-13-11-28(12-14-29)22-5-2-19(3-6-22)20-8-15-34-16-20/h1-3,5-6,8-10,15-16,18,21,23,31H,4,7,11-14,17H2,(H,27,30). The number of aromatic nitrogens is 2. The SMILES string of the molecule is O=CNC(CCC(O)c1ncccn1)CS(=O)(=O)N1CCN(c2ccc(-c3ccsc3)cc2)CC1. The Kier molecular flexibility index (Phi) is 8.45. The topological polar surface area (TPSA) is 116 Å². The fourth-order valence-corrected chi connectivity index (χ4v) is 6.53. The molecule has 1 amide bonds. The van der Waals surface area contributed by atoms with Crippen molar-refractivity contribution < 1.29 is 18.3 Å². The van der Waals surface area contributed by atoms with Crippen molar-refractivity contribution in [2.75, 3.05) is 36.8 Å². The third-order valence-electron chi connectivity index (χ3n) is 6.11. The van der Waals surface area contributed by atoms with Gasteiger partial charge in [-0.1, -0.05) is 12.1 Å². The molecule has 2 unspecified atom stereocenters. The second-order valence-electron chi connectivity index (χ2n) is 8.41. The van der Waals surface area contributed by atoms with E-state index < -0.39 is 22.2 Å². The predicted molar refractivity (Wildman–Crippen MR) is 137 cm³/mol. The first-order chi connectivity index (χ1) is 17.0. The molecule has 0 bridgehead atoms. The lowest BCUT2D eigenvalue weighted by atomic mass is 10.1. The number of thiophene rings is 1. The van der Waals surface area contributed by atoms with E-state index in [1.54, 1.807) is 17.4 Å². The van der Waals surface area contributed by atoms with E-state index in [9.17, 15) is 18.3 Å². The van der Waals surface area contributed by atoms with Gasteiger partial charge in [0.15, 0.2) is 5.82 Å². The average molecular weight is 516 g/mol. The first-order valence-corrected chi connectivity index (χ1v) is 14.0. The lowest BCUT2D eigenvalue weighted by Gasteiger charge is -2.36. The highest BCUT2D eigenvalue weighted by molar-refractivity contribution is 7.89. The van der Waals surface area contributed by atoms with E-state index >= 15 is 0 Å². The molecular formula is C24H29N5O4S2. The van der Waals surface area contributed by atoms with E-state index in [2.05, 4.69) is 61.3 Å². The van der Waals surface area contributed by atoms with Crippen LogP contribution in [0.2, 0.25) is 0 Å². The van der Waals surface area contributed by atoms with Gasteiger partial charge in [0.2, 0.25) is 16.4 Å². The predicted octanol–water partition coefficient (Wildman–Crippen LogP) is 2.29. The number of aliphatic hydroxyl groups is 1. The van der Waals surface area contributed by atoms with Gasteiger partial charge in [0.1, 0.15) is 6.10 Å². The van der Waals surface area contributed by atoms with Gasteiger partial charge < -0.3 is 15.3 Å². The van der Waals surface area contributed by atoms with Gasteiger partial charge in [-0.2, -0.15) is 15.6 Å². The lowest BCUT2D eigenvalue weighted by molar-refractivity contribution is -0.110. The van der Waals surface area contributed by atoms with E-state index in [0.29, 0.717) is 32.6 Å². The second-order valence-corrected chi connectivity index (χ2v) is 11.2. The first-order valence-electron chi connectivity index (χ1n) is 11.5. The van der Waals surface area contributed by atoms with Crippen LogP contribution < -0.4 is 10.2 Å². The van der Waals surface area contributed by atoms with Crippen molar-refractivity contribution >= 4 is 33.5 Å². The minimum Gasteiger partial charge on any atom is -0.385 e. The van der Waals surface area contributed by atoms with Gasteiger partial charge in [0.05, 0.1) is 5.75 Å². The van der Waals surface area contributed by atoms with Gasteiger partial charge in [-0.15, -0.1) is 0 Å². The molecular weight excluding hydrogens is 486 g/mol. The van der Waals surface area contributed by atoms with E-state index in [1.807, 2.05) is 0 Å². The molecule has 1 fully saturated rings. The number of hydrogen-bond acceptors (Lipinski definition) is 8. The number of carbonyl (C=O) groups excluding carboxylic acids is 1. The van der Waals surface area contributed by atoms with Crippen LogP contribution in [0.25, 0.3) is 11.1 Å². The summed E-state index contributed by atoms with van der Waals surface area (Å²) in [6, 6.07) is 11.5. The Morgan fingerprint density at radius 3 is 2.37 bits per heavy atom. The van der Waals surface area contributed by atoms with Crippen LogP contribution in [-0.2, 0) is 14.8 Å². The molecule has 0 radical (unpaired) electrons. The van der Waals surface area contributed by atoms with Crippen molar-refractivity contribution in [1.82, 2.24) is 19.6 Å². The van der Waals surface area contributed by atoms with Gasteiger partial charge in [-0.3, -0.25) is 4.79 Å². The summed E-state index contributed by atoms with van der Waals surface area (Å²) >= 11 is 1.66. The van der Waals surface area contributed by atoms with Gasteiger partial charge in [-0.25, -0.2) is 18.4 Å². The summed E-state index contributed by atoms with van der Waals surface area (Å²) in [5, 5.41) is 17.0. The third-order valence-corrected chi connectivity index (χ3v) is 8.77. The van der Waals surface area contributed by atoms with Gasteiger partial charge in [0, 0.05) is 50.3 Å². The molecule has 35 heavy (non-hydrogen) atoms. The van der Waals surface area contributed by atoms with Gasteiger partial charge >= 0.3 is 0 Å². The number of anilines is 1. The highest BCUT2D eigenvalue weighted by Gasteiger charge is 2.30. The Labute approximate surface area is 209 Å². The molecule has 0 spiro atoms. The number of sulfonamides is 1. The molecule has 186 valence electrons. The molecule has 1 aliphatic rings. The summed E-state index contributed by atoms with van der Waals surface area (Å²) in [7, 11) is -3.59. The van der Waals surface area contributed by atoms with Crippen molar-refractivity contribution in [2.24, 2.45) is 0 Å². The summed E-state index contributed by atoms with van der Waals surface area (Å²) in [6.07, 6.45) is 3.17. The van der Waals surface area contributed by atoms with Gasteiger partial charge in [0.25, 0.3) is 0 Å². The zero-order valence-electron chi connectivity index (χ0n) is 19.2. The third kappa shape index (κ3) is 6.63. The maximum Gasteiger partial charge on any atom is 0.216 e. The largest absolute Gasteiger partial charge is 0.385 e. The summed E-state index contributed by atoms with van der Waals surface area (Å²) < 4.78 is 27.6. The Morgan fingerprint density at radius 1 is 1.03 bits per heavy atom. The van der Waals surface area contributed by atoms with Crippen LogP contribution in [0, 0.1) is 0 Å². The van der Waals surface area contributed by atoms with Crippen LogP contribution in [0.3, 0.4) is 0 Å². The van der Waals surface area contributed by atoms with Crippen LogP contribution in [0.5, 0.6) is 0 Å². The van der Waals surface area contributed by atoms with E-state index in [4.69, 9.17) is 0 Å². The summed E-state index contributed by atoms with van der Waals surface area (Å²) in [5.41, 5.74) is 3.42. The van der Waals surface area contributed by atoms with Crippen molar-refractivity contribution in [3.8, 4) is 11.1 Å². The number of hydrogen-bond donors (Lipinski definition) is 2. The summed E-state index contributed by atoms with van der Waals surface area (Å²) in [4.78, 5) is 21.3. The number of piperazine rings is 1.